The first-order valence-corrected chi connectivity index (χ1v) is 11.4. The monoisotopic (exact) mass is 431 g/mol. The summed E-state index contributed by atoms with van der Waals surface area (Å²) in [4.78, 5) is 17.2. The van der Waals surface area contributed by atoms with Crippen LogP contribution >= 0.6 is 11.8 Å². The van der Waals surface area contributed by atoms with Crippen molar-refractivity contribution >= 4 is 17.7 Å². The molecule has 0 radical (unpaired) electrons. The number of nitrogens with zero attached hydrogens (tertiary/aromatic N) is 5. The van der Waals surface area contributed by atoms with Crippen molar-refractivity contribution in [3.63, 3.8) is 0 Å². The van der Waals surface area contributed by atoms with Gasteiger partial charge in [-0.2, -0.15) is 0 Å². The highest BCUT2D eigenvalue weighted by molar-refractivity contribution is 7.99. The first kappa shape index (κ1) is 22.6. The third kappa shape index (κ3) is 5.98. The van der Waals surface area contributed by atoms with Gasteiger partial charge in [-0.15, -0.1) is 10.2 Å². The number of hydrogen-bond acceptors (Lipinski definition) is 6. The Balaban J connectivity index is 1.55. The van der Waals surface area contributed by atoms with Crippen LogP contribution in [0, 0.1) is 12.3 Å². The van der Waals surface area contributed by atoms with Crippen LogP contribution in [0.5, 0.6) is 5.75 Å². The van der Waals surface area contributed by atoms with Gasteiger partial charge < -0.3 is 9.64 Å². The zero-order valence-electron chi connectivity index (χ0n) is 18.7. The fraction of sp³-hybridized carbons (Fsp3) is 0.591. The molecule has 0 aliphatic carbocycles. The van der Waals surface area contributed by atoms with E-state index in [1.165, 1.54) is 18.2 Å². The summed E-state index contributed by atoms with van der Waals surface area (Å²) in [5, 5.41) is 9.21. The Labute approximate surface area is 183 Å². The summed E-state index contributed by atoms with van der Waals surface area (Å²) in [6, 6.07) is 7.77. The maximum Gasteiger partial charge on any atom is 0.233 e. The summed E-state index contributed by atoms with van der Waals surface area (Å²) in [6.07, 6.45) is 1.18. The van der Waals surface area contributed by atoms with Gasteiger partial charge in [-0.3, -0.25) is 14.3 Å². The number of aromatic nitrogens is 3. The SMILES string of the molecule is COc1cccc(-n2c(C)nnc2SCC(=O)N2CCN(CCC(C)(C)C)CC2)c1. The van der Waals surface area contributed by atoms with Crippen molar-refractivity contribution in [2.75, 3.05) is 45.6 Å². The summed E-state index contributed by atoms with van der Waals surface area (Å²) in [5.74, 6) is 2.08. The minimum absolute atomic E-state index is 0.160. The number of hydrogen-bond donors (Lipinski definition) is 0. The van der Waals surface area contributed by atoms with E-state index in [9.17, 15) is 4.79 Å². The molecule has 1 fully saturated rings. The number of carbonyl (C=O) groups excluding carboxylic acids is 1. The summed E-state index contributed by atoms with van der Waals surface area (Å²) >= 11 is 1.44. The van der Waals surface area contributed by atoms with Gasteiger partial charge in [0.1, 0.15) is 11.6 Å². The number of piperazine rings is 1. The van der Waals surface area contributed by atoms with Gasteiger partial charge in [-0.05, 0) is 37.4 Å². The summed E-state index contributed by atoms with van der Waals surface area (Å²) in [7, 11) is 1.65. The average Bonchev–Trinajstić information content (AvgIpc) is 3.10. The molecule has 164 valence electrons. The molecule has 1 saturated heterocycles. The van der Waals surface area contributed by atoms with Gasteiger partial charge in [-0.25, -0.2) is 0 Å². The maximum atomic E-state index is 12.8. The van der Waals surface area contributed by atoms with Crippen molar-refractivity contribution in [1.29, 1.82) is 0 Å². The van der Waals surface area contributed by atoms with E-state index in [-0.39, 0.29) is 5.91 Å². The van der Waals surface area contributed by atoms with Gasteiger partial charge >= 0.3 is 0 Å². The Morgan fingerprint density at radius 1 is 1.17 bits per heavy atom. The lowest BCUT2D eigenvalue weighted by molar-refractivity contribution is -0.130. The van der Waals surface area contributed by atoms with Crippen molar-refractivity contribution < 1.29 is 9.53 Å². The summed E-state index contributed by atoms with van der Waals surface area (Å²) in [5.41, 5.74) is 1.28. The van der Waals surface area contributed by atoms with Gasteiger partial charge in [0.05, 0.1) is 18.6 Å². The first-order chi connectivity index (χ1) is 14.3. The zero-order chi connectivity index (χ0) is 21.7. The van der Waals surface area contributed by atoms with Crippen LogP contribution in [0.4, 0.5) is 0 Å². The van der Waals surface area contributed by atoms with E-state index >= 15 is 0 Å². The molecule has 0 spiro atoms. The van der Waals surface area contributed by atoms with Gasteiger partial charge in [-0.1, -0.05) is 38.6 Å². The smallest absolute Gasteiger partial charge is 0.233 e. The van der Waals surface area contributed by atoms with Crippen molar-refractivity contribution in [2.45, 2.75) is 39.3 Å². The predicted molar refractivity (Wildman–Crippen MR) is 120 cm³/mol. The van der Waals surface area contributed by atoms with E-state index in [2.05, 4.69) is 35.9 Å². The largest absolute Gasteiger partial charge is 0.497 e. The van der Waals surface area contributed by atoms with E-state index in [0.717, 1.165) is 55.1 Å². The lowest BCUT2D eigenvalue weighted by Crippen LogP contribution is -2.49. The molecule has 1 aromatic carbocycles. The molecule has 7 nitrogen and oxygen atoms in total. The zero-order valence-corrected chi connectivity index (χ0v) is 19.5. The molecule has 0 saturated carbocycles. The van der Waals surface area contributed by atoms with E-state index in [4.69, 9.17) is 4.74 Å². The highest BCUT2D eigenvalue weighted by atomic mass is 32.2. The molecule has 1 aromatic heterocycles. The Kier molecular flexibility index (Phi) is 7.41. The molecule has 2 heterocycles. The Hall–Kier alpha value is -2.06. The lowest BCUT2D eigenvalue weighted by Gasteiger charge is -2.36. The molecule has 0 unspecified atom stereocenters. The van der Waals surface area contributed by atoms with E-state index in [0.29, 0.717) is 11.2 Å². The van der Waals surface area contributed by atoms with Gasteiger partial charge in [0, 0.05) is 32.2 Å². The molecule has 1 aliphatic rings. The van der Waals surface area contributed by atoms with E-state index in [1.54, 1.807) is 7.11 Å². The van der Waals surface area contributed by atoms with E-state index in [1.807, 2.05) is 40.7 Å². The number of thioether (sulfide) groups is 1. The number of ether oxygens (including phenoxy) is 1. The van der Waals surface area contributed by atoms with Gasteiger partial charge in [0.25, 0.3) is 0 Å². The van der Waals surface area contributed by atoms with Gasteiger partial charge in [0.15, 0.2) is 5.16 Å². The van der Waals surface area contributed by atoms with Crippen molar-refractivity contribution in [3.05, 3.63) is 30.1 Å². The second-order valence-corrected chi connectivity index (χ2v) is 9.83. The van der Waals surface area contributed by atoms with Crippen LogP contribution in [-0.4, -0.2) is 76.1 Å². The quantitative estimate of drug-likeness (QED) is 0.627. The predicted octanol–water partition coefficient (Wildman–Crippen LogP) is 3.26. The highest BCUT2D eigenvalue weighted by Crippen LogP contribution is 2.25. The van der Waals surface area contributed by atoms with Gasteiger partial charge in [0.2, 0.25) is 5.91 Å². The van der Waals surface area contributed by atoms with Crippen LogP contribution < -0.4 is 4.74 Å². The van der Waals surface area contributed by atoms with Crippen molar-refractivity contribution in [2.24, 2.45) is 5.41 Å². The number of methoxy groups -OCH3 is 1. The third-order valence-electron chi connectivity index (χ3n) is 5.33. The van der Waals surface area contributed by atoms with Crippen molar-refractivity contribution in [3.8, 4) is 11.4 Å². The lowest BCUT2D eigenvalue weighted by atomic mass is 9.92. The van der Waals surface area contributed by atoms with Crippen molar-refractivity contribution in [1.82, 2.24) is 24.6 Å². The molecule has 1 aliphatic heterocycles. The number of aryl methyl sites for hydroxylation is 1. The summed E-state index contributed by atoms with van der Waals surface area (Å²) < 4.78 is 7.29. The molecule has 8 heteroatoms. The minimum atomic E-state index is 0.160. The highest BCUT2D eigenvalue weighted by Gasteiger charge is 2.23. The molecule has 1 amide bonds. The molecular formula is C22H33N5O2S. The Bertz CT molecular complexity index is 853. The topological polar surface area (TPSA) is 63.5 Å². The maximum absolute atomic E-state index is 12.8. The fourth-order valence-corrected chi connectivity index (χ4v) is 4.32. The summed E-state index contributed by atoms with van der Waals surface area (Å²) in [6.45, 7) is 13.3. The van der Waals surface area contributed by atoms with E-state index < -0.39 is 0 Å². The van der Waals surface area contributed by atoms with Crippen LogP contribution in [-0.2, 0) is 4.79 Å². The molecule has 3 rings (SSSR count). The molecule has 30 heavy (non-hydrogen) atoms. The number of benzene rings is 1. The molecule has 0 atom stereocenters. The average molecular weight is 432 g/mol. The molecular weight excluding hydrogens is 398 g/mol. The number of amides is 1. The Morgan fingerprint density at radius 3 is 2.57 bits per heavy atom. The van der Waals surface area contributed by atoms with Crippen LogP contribution in [0.25, 0.3) is 5.69 Å². The fourth-order valence-electron chi connectivity index (χ4n) is 3.42. The molecule has 0 N–H and O–H groups in total. The van der Waals surface area contributed by atoms with Crippen LogP contribution in [0.3, 0.4) is 0 Å². The first-order valence-electron chi connectivity index (χ1n) is 10.5. The third-order valence-corrected chi connectivity index (χ3v) is 6.25. The van der Waals surface area contributed by atoms with Crippen LogP contribution in [0.2, 0.25) is 0 Å². The van der Waals surface area contributed by atoms with Crippen LogP contribution in [0.15, 0.2) is 29.4 Å². The van der Waals surface area contributed by atoms with Crippen LogP contribution in [0.1, 0.15) is 33.0 Å². The number of carbonyl (C=O) groups is 1. The molecule has 0 bridgehead atoms. The minimum Gasteiger partial charge on any atom is -0.497 e. The Morgan fingerprint density at radius 2 is 1.90 bits per heavy atom. The second-order valence-electron chi connectivity index (χ2n) is 8.89. The number of rotatable bonds is 7. The second kappa shape index (κ2) is 9.83. The normalized spacial score (nSPS) is 15.4. The molecule has 2 aromatic rings. The standard InChI is InChI=1S/C22H33N5O2S/c1-17-23-24-21(27(17)18-7-6-8-19(15-18)29-5)30-16-20(28)26-13-11-25(12-14-26)10-9-22(2,3)4/h6-8,15H,9-14,16H2,1-5H3.